The summed E-state index contributed by atoms with van der Waals surface area (Å²) in [4.78, 5) is 37.6. The molecule has 470 valence electrons. The van der Waals surface area contributed by atoms with Gasteiger partial charge in [0.15, 0.2) is 6.10 Å². The fraction of sp³-hybridized carbons (Fsp3) is 0.635. The van der Waals surface area contributed by atoms with Crippen molar-refractivity contribution < 1.29 is 42.9 Å². The van der Waals surface area contributed by atoms with Gasteiger partial charge in [0.2, 0.25) is 0 Å². The van der Waals surface area contributed by atoms with Crippen molar-refractivity contribution in [2.75, 3.05) is 47.5 Å². The maximum Gasteiger partial charge on any atom is 0.361 e. The quantitative estimate of drug-likeness (QED) is 0.0211. The summed E-state index contributed by atoms with van der Waals surface area (Å²) in [6.45, 7) is 4.63. The summed E-state index contributed by atoms with van der Waals surface area (Å²) in [5.74, 6) is -2.03. The Hall–Kier alpha value is -4.83. The van der Waals surface area contributed by atoms with Gasteiger partial charge in [0, 0.05) is 12.8 Å². The van der Waals surface area contributed by atoms with Crippen LogP contribution in [0.3, 0.4) is 0 Å². The first kappa shape index (κ1) is 78.2. The molecule has 0 saturated carbocycles. The van der Waals surface area contributed by atoms with Gasteiger partial charge in [-0.15, -0.1) is 0 Å². The molecule has 0 bridgehead atoms. The molecule has 2 unspecified atom stereocenters. The third-order valence-corrected chi connectivity index (χ3v) is 13.6. The van der Waals surface area contributed by atoms with E-state index in [-0.39, 0.29) is 38.6 Å². The number of likely N-dealkylation sites (N-methyl/N-ethyl adjacent to an activating group) is 1. The molecule has 0 rings (SSSR count). The Bertz CT molecular complexity index is 1870. The molecule has 0 amide bonds. The molecule has 0 aromatic carbocycles. The Morgan fingerprint density at radius 1 is 0.361 bits per heavy atom. The van der Waals surface area contributed by atoms with Gasteiger partial charge in [-0.3, -0.25) is 9.59 Å². The van der Waals surface area contributed by atoms with Gasteiger partial charge in [0.05, 0.1) is 34.4 Å². The van der Waals surface area contributed by atoms with E-state index in [0.29, 0.717) is 17.4 Å². The maximum absolute atomic E-state index is 12.9. The van der Waals surface area contributed by atoms with Crippen LogP contribution in [-0.4, -0.2) is 87.4 Å². The zero-order chi connectivity index (χ0) is 60.5. The van der Waals surface area contributed by atoms with E-state index in [1.807, 2.05) is 21.1 Å². The highest BCUT2D eigenvalue weighted by atomic mass is 16.7. The molecule has 83 heavy (non-hydrogen) atoms. The molecule has 9 nitrogen and oxygen atoms in total. The second-order valence-electron chi connectivity index (χ2n) is 22.7. The minimum atomic E-state index is -1.52. The molecule has 0 spiro atoms. The minimum Gasteiger partial charge on any atom is -0.477 e. The number of carbonyl (C=O) groups is 3. The van der Waals surface area contributed by atoms with Gasteiger partial charge in [-0.2, -0.15) is 0 Å². The van der Waals surface area contributed by atoms with Crippen LogP contribution in [0, 0.1) is 0 Å². The van der Waals surface area contributed by atoms with Crippen LogP contribution in [0.2, 0.25) is 0 Å². The van der Waals surface area contributed by atoms with Gasteiger partial charge in [0.25, 0.3) is 6.29 Å². The fourth-order valence-electron chi connectivity index (χ4n) is 8.61. The average Bonchev–Trinajstić information content (AvgIpc) is 3.46. The second-order valence-corrected chi connectivity index (χ2v) is 22.7. The van der Waals surface area contributed by atoms with E-state index in [1.54, 1.807) is 0 Å². The second kappa shape index (κ2) is 63.2. The standard InChI is InChI=1S/C74H121NO8/c1-6-8-10-12-14-16-18-20-22-24-26-28-30-32-33-34-35-36-37-38-39-41-43-45-47-49-51-53-55-57-59-61-63-65-72(77)83-70(69-82-74(73(78)79)80-67-66-75(3,4)5)68-81-71(76)64-62-60-58-56-54-52-50-48-46-44-42-40-31-29-27-25-23-21-19-17-15-13-11-9-7-2/h8-11,14-17,20-23,26-29,32-33,35-36,38-40,42,70,74H,6-7,12-13,18-19,24-25,30-31,34,37,41,43-69H2,1-5H3/p+1/b10-8-,11-9-,16-14-,17-15-,22-20-,23-21-,28-26-,29-27-,33-32-,36-35-,39-38-,42-40-. The topological polar surface area (TPSA) is 108 Å². The van der Waals surface area contributed by atoms with Crippen LogP contribution in [0.4, 0.5) is 0 Å². The maximum atomic E-state index is 12.9. The van der Waals surface area contributed by atoms with Crippen LogP contribution < -0.4 is 0 Å². The van der Waals surface area contributed by atoms with E-state index in [9.17, 15) is 19.5 Å². The van der Waals surface area contributed by atoms with Gasteiger partial charge in [0.1, 0.15) is 13.2 Å². The molecule has 0 saturated heterocycles. The largest absolute Gasteiger partial charge is 0.477 e. The molecule has 0 aromatic rings. The third kappa shape index (κ3) is 64.6. The molecule has 2 atom stereocenters. The van der Waals surface area contributed by atoms with Crippen LogP contribution in [0.15, 0.2) is 146 Å². The average molecular weight is 1150 g/mol. The first-order valence-corrected chi connectivity index (χ1v) is 33.0. The third-order valence-electron chi connectivity index (χ3n) is 13.6. The normalized spacial score (nSPS) is 13.7. The van der Waals surface area contributed by atoms with Gasteiger partial charge in [-0.1, -0.05) is 262 Å². The fourth-order valence-corrected chi connectivity index (χ4v) is 8.61. The number of aliphatic carboxylic acids is 1. The number of esters is 2. The lowest BCUT2D eigenvalue weighted by molar-refractivity contribution is -0.870. The Balaban J connectivity index is 4.21. The Kier molecular flexibility index (Phi) is 59.5. The monoisotopic (exact) mass is 1150 g/mol. The van der Waals surface area contributed by atoms with Crippen molar-refractivity contribution in [3.63, 3.8) is 0 Å². The summed E-state index contributed by atoms with van der Waals surface area (Å²) in [6.07, 6.45) is 89.3. The van der Waals surface area contributed by atoms with Gasteiger partial charge < -0.3 is 28.5 Å². The number of nitrogens with zero attached hydrogens (tertiary/aromatic N) is 1. The highest BCUT2D eigenvalue weighted by Crippen LogP contribution is 2.16. The number of carbonyl (C=O) groups excluding carboxylic acids is 2. The highest BCUT2D eigenvalue weighted by Gasteiger charge is 2.25. The molecular weight excluding hydrogens is 1030 g/mol. The summed E-state index contributed by atoms with van der Waals surface area (Å²) < 4.78 is 22.9. The molecule has 1 N–H and O–H groups in total. The van der Waals surface area contributed by atoms with E-state index in [0.717, 1.165) is 135 Å². The molecule has 9 heteroatoms. The minimum absolute atomic E-state index is 0.179. The number of quaternary nitrogens is 1. The van der Waals surface area contributed by atoms with Crippen molar-refractivity contribution in [2.24, 2.45) is 0 Å². The Labute approximate surface area is 509 Å². The lowest BCUT2D eigenvalue weighted by Gasteiger charge is -2.25. The van der Waals surface area contributed by atoms with E-state index < -0.39 is 24.3 Å². The lowest BCUT2D eigenvalue weighted by Crippen LogP contribution is -2.40. The number of carboxylic acids is 1. The van der Waals surface area contributed by atoms with Gasteiger partial charge in [-0.25, -0.2) is 4.79 Å². The van der Waals surface area contributed by atoms with Gasteiger partial charge in [-0.05, 0) is 116 Å². The van der Waals surface area contributed by atoms with Crippen LogP contribution in [-0.2, 0) is 33.3 Å². The zero-order valence-electron chi connectivity index (χ0n) is 53.5. The van der Waals surface area contributed by atoms with E-state index >= 15 is 0 Å². The molecule has 0 aliphatic heterocycles. The number of allylic oxidation sites excluding steroid dienone is 24. The predicted octanol–water partition coefficient (Wildman–Crippen LogP) is 20.3. The van der Waals surface area contributed by atoms with E-state index in [1.165, 1.54) is 77.0 Å². The first-order valence-electron chi connectivity index (χ1n) is 33.0. The Morgan fingerprint density at radius 3 is 0.964 bits per heavy atom. The van der Waals surface area contributed by atoms with Crippen molar-refractivity contribution in [1.82, 2.24) is 0 Å². The summed E-state index contributed by atoms with van der Waals surface area (Å²) in [5.41, 5.74) is 0. The van der Waals surface area contributed by atoms with E-state index in [4.69, 9.17) is 18.9 Å². The molecule has 0 radical (unpaired) electrons. The summed E-state index contributed by atoms with van der Waals surface area (Å²) in [7, 11) is 5.96. The first-order chi connectivity index (χ1) is 40.6. The van der Waals surface area contributed by atoms with Crippen molar-refractivity contribution in [3.05, 3.63) is 146 Å². The number of rotatable bonds is 59. The lowest BCUT2D eigenvalue weighted by atomic mass is 10.0. The Morgan fingerprint density at radius 2 is 0.651 bits per heavy atom. The predicted molar refractivity (Wildman–Crippen MR) is 354 cm³/mol. The van der Waals surface area contributed by atoms with Crippen LogP contribution >= 0.6 is 0 Å². The molecular formula is C74H122NO8+. The number of hydrogen-bond donors (Lipinski definition) is 1. The van der Waals surface area contributed by atoms with Crippen LogP contribution in [0.25, 0.3) is 0 Å². The van der Waals surface area contributed by atoms with Crippen molar-refractivity contribution >= 4 is 17.9 Å². The summed E-state index contributed by atoms with van der Waals surface area (Å²) >= 11 is 0. The molecule has 0 aromatic heterocycles. The number of carboxylic acid groups (broad SMARTS) is 1. The van der Waals surface area contributed by atoms with Crippen molar-refractivity contribution in [1.29, 1.82) is 0 Å². The van der Waals surface area contributed by atoms with Crippen molar-refractivity contribution in [3.8, 4) is 0 Å². The molecule has 0 aliphatic rings. The summed E-state index contributed by atoms with van der Waals surface area (Å²) in [5, 5.41) is 9.74. The smallest absolute Gasteiger partial charge is 0.361 e. The van der Waals surface area contributed by atoms with Crippen molar-refractivity contribution in [2.45, 2.75) is 257 Å². The number of hydrogen-bond acceptors (Lipinski definition) is 7. The van der Waals surface area contributed by atoms with Crippen LogP contribution in [0.1, 0.15) is 245 Å². The SMILES string of the molecule is CC/C=C\C/C=C\C/C=C\C/C=C\C/C=C\C/C=C\C/C=C\CCCCCCCCCCCCCC(=O)OC(COC(=O)CCCCCCCCCCC/C=C\C/C=C\C/C=C\C/C=C\C/C=C\CC)COC(OCC[N+](C)(C)C)C(=O)O. The number of unbranched alkanes of at least 4 members (excludes halogenated alkanes) is 20. The van der Waals surface area contributed by atoms with Crippen LogP contribution in [0.5, 0.6) is 0 Å². The number of ether oxygens (including phenoxy) is 4. The highest BCUT2D eigenvalue weighted by molar-refractivity contribution is 5.71. The van der Waals surface area contributed by atoms with Gasteiger partial charge >= 0.3 is 17.9 Å². The summed E-state index contributed by atoms with van der Waals surface area (Å²) in [6, 6.07) is 0. The molecule has 0 fully saturated rings. The van der Waals surface area contributed by atoms with E-state index in [2.05, 4.69) is 160 Å². The molecule has 0 aliphatic carbocycles. The zero-order valence-corrected chi connectivity index (χ0v) is 53.5. The molecule has 0 heterocycles.